The minimum absolute atomic E-state index is 0.223. The van der Waals surface area contributed by atoms with Crippen LogP contribution in [0.15, 0.2) is 54.9 Å². The van der Waals surface area contributed by atoms with Crippen molar-refractivity contribution in [2.75, 3.05) is 5.43 Å². The van der Waals surface area contributed by atoms with Gasteiger partial charge in [0.05, 0.1) is 4.92 Å². The smallest absolute Gasteiger partial charge is 0.374 e. The Morgan fingerprint density at radius 1 is 1.17 bits per heavy atom. The number of nitro groups is 1. The normalized spacial score (nSPS) is 10.5. The summed E-state index contributed by atoms with van der Waals surface area (Å²) >= 11 is 5.87. The molecule has 2 aromatic carbocycles. The Balaban J connectivity index is 1.80. The summed E-state index contributed by atoms with van der Waals surface area (Å²) in [4.78, 5) is 30.9. The fourth-order valence-corrected chi connectivity index (χ4v) is 2.73. The van der Waals surface area contributed by atoms with Crippen molar-refractivity contribution >= 4 is 29.0 Å². The van der Waals surface area contributed by atoms with Crippen molar-refractivity contribution in [1.82, 2.24) is 15.4 Å². The van der Waals surface area contributed by atoms with Crippen molar-refractivity contribution in [2.45, 2.75) is 19.8 Å². The molecule has 0 saturated carbocycles. The second-order valence-corrected chi connectivity index (χ2v) is 6.98. The van der Waals surface area contributed by atoms with Gasteiger partial charge in [-0.15, -0.1) is 0 Å². The van der Waals surface area contributed by atoms with Gasteiger partial charge >= 0.3 is 11.6 Å². The summed E-state index contributed by atoms with van der Waals surface area (Å²) in [6, 6.07) is 13.4. The lowest BCUT2D eigenvalue weighted by Gasteiger charge is -2.11. The van der Waals surface area contributed by atoms with E-state index in [1.54, 1.807) is 30.3 Å². The number of carbonyl (C=O) groups is 1. The van der Waals surface area contributed by atoms with Gasteiger partial charge in [-0.05, 0) is 41.8 Å². The molecule has 0 fully saturated rings. The number of hydrogen-bond acceptors (Lipinski definition) is 7. The Labute approximate surface area is 177 Å². The maximum atomic E-state index is 12.2. The fraction of sp³-hybridized carbons (Fsp3) is 0.150. The van der Waals surface area contributed by atoms with E-state index >= 15 is 0 Å². The molecule has 9 nitrogen and oxygen atoms in total. The number of amides is 1. The van der Waals surface area contributed by atoms with Crippen molar-refractivity contribution in [1.29, 1.82) is 0 Å². The molecule has 154 valence electrons. The molecule has 2 N–H and O–H groups in total. The van der Waals surface area contributed by atoms with Gasteiger partial charge in [-0.2, -0.15) is 4.98 Å². The summed E-state index contributed by atoms with van der Waals surface area (Å²) in [7, 11) is 0. The van der Waals surface area contributed by atoms with Crippen LogP contribution in [0.5, 0.6) is 11.6 Å². The molecule has 3 rings (SSSR count). The molecule has 3 aromatic rings. The van der Waals surface area contributed by atoms with Crippen LogP contribution in [0.2, 0.25) is 5.02 Å². The molecule has 0 spiro atoms. The van der Waals surface area contributed by atoms with E-state index in [-0.39, 0.29) is 17.3 Å². The Bertz CT molecular complexity index is 1070. The maximum absolute atomic E-state index is 12.2. The zero-order chi connectivity index (χ0) is 21.7. The van der Waals surface area contributed by atoms with Gasteiger partial charge in [-0.25, -0.2) is 4.98 Å². The fourth-order valence-electron chi connectivity index (χ4n) is 2.54. The molecule has 0 aliphatic rings. The highest BCUT2D eigenvalue weighted by Crippen LogP contribution is 2.34. The van der Waals surface area contributed by atoms with Crippen molar-refractivity contribution in [3.8, 4) is 11.6 Å². The molecule has 0 saturated heterocycles. The second kappa shape index (κ2) is 9.19. The van der Waals surface area contributed by atoms with E-state index < -0.39 is 16.5 Å². The molecule has 10 heteroatoms. The van der Waals surface area contributed by atoms with Crippen LogP contribution in [0.4, 0.5) is 11.5 Å². The number of hydrogen-bond donors (Lipinski definition) is 2. The van der Waals surface area contributed by atoms with E-state index in [4.69, 9.17) is 16.3 Å². The number of halogens is 1. The number of aromatic nitrogens is 2. The second-order valence-electron chi connectivity index (χ2n) is 6.55. The molecule has 0 bridgehead atoms. The highest BCUT2D eigenvalue weighted by Gasteiger charge is 2.25. The molecule has 30 heavy (non-hydrogen) atoms. The monoisotopic (exact) mass is 427 g/mol. The van der Waals surface area contributed by atoms with Gasteiger partial charge in [0.2, 0.25) is 5.82 Å². The highest BCUT2D eigenvalue weighted by atomic mass is 35.5. The zero-order valence-electron chi connectivity index (χ0n) is 16.1. The van der Waals surface area contributed by atoms with E-state index in [1.165, 1.54) is 6.07 Å². The third-order valence-electron chi connectivity index (χ3n) is 4.11. The summed E-state index contributed by atoms with van der Waals surface area (Å²) in [6.07, 6.45) is 1.10. The Kier molecular flexibility index (Phi) is 6.43. The van der Waals surface area contributed by atoms with Crippen LogP contribution in [-0.2, 0) is 0 Å². The molecule has 1 heterocycles. The maximum Gasteiger partial charge on any atom is 0.374 e. The summed E-state index contributed by atoms with van der Waals surface area (Å²) in [5, 5.41) is 12.0. The molecule has 0 atom stereocenters. The molecule has 0 unspecified atom stereocenters. The van der Waals surface area contributed by atoms with Gasteiger partial charge in [0, 0.05) is 10.6 Å². The predicted octanol–water partition coefficient (Wildman–Crippen LogP) is 4.71. The van der Waals surface area contributed by atoms with Crippen LogP contribution in [0, 0.1) is 10.1 Å². The summed E-state index contributed by atoms with van der Waals surface area (Å²) in [6.45, 7) is 4.11. The van der Waals surface area contributed by atoms with Gasteiger partial charge in [0.15, 0.2) is 0 Å². The molecular formula is C20H18ClN5O4. The van der Waals surface area contributed by atoms with E-state index in [2.05, 4.69) is 34.7 Å². The lowest BCUT2D eigenvalue weighted by Crippen LogP contribution is -2.30. The number of benzene rings is 2. The third kappa shape index (κ3) is 5.00. The SMILES string of the molecule is CC(C)c1ccc(Oc2ncnc(NNC(=O)c3cccc(Cl)c3)c2[N+](=O)[O-])cc1. The Morgan fingerprint density at radius 3 is 2.53 bits per heavy atom. The lowest BCUT2D eigenvalue weighted by molar-refractivity contribution is -0.385. The largest absolute Gasteiger partial charge is 0.434 e. The van der Waals surface area contributed by atoms with Gasteiger partial charge in [-0.1, -0.05) is 43.6 Å². The zero-order valence-corrected chi connectivity index (χ0v) is 16.9. The van der Waals surface area contributed by atoms with Gasteiger partial charge in [-0.3, -0.25) is 25.8 Å². The summed E-state index contributed by atoms with van der Waals surface area (Å²) < 4.78 is 5.59. The number of rotatable bonds is 7. The van der Waals surface area contributed by atoms with Crippen LogP contribution < -0.4 is 15.6 Å². The standard InChI is InChI=1S/C20H18ClN5O4/c1-12(2)13-6-8-16(9-7-13)30-20-17(26(28)29)18(22-11-23-20)24-25-19(27)14-4-3-5-15(21)10-14/h3-12H,1-2H3,(H,25,27)(H,22,23,24). The first-order valence-corrected chi connectivity index (χ1v) is 9.32. The van der Waals surface area contributed by atoms with Gasteiger partial charge in [0.1, 0.15) is 12.1 Å². The lowest BCUT2D eigenvalue weighted by atomic mass is 10.0. The number of hydrazine groups is 1. The van der Waals surface area contributed by atoms with E-state index in [1.807, 2.05) is 12.1 Å². The van der Waals surface area contributed by atoms with E-state index in [0.717, 1.165) is 11.9 Å². The first kappa shape index (κ1) is 21.0. The summed E-state index contributed by atoms with van der Waals surface area (Å²) in [5.41, 5.74) is 5.66. The Hall–Kier alpha value is -3.72. The molecule has 1 amide bonds. The number of carbonyl (C=O) groups excluding carboxylic acids is 1. The molecule has 0 aliphatic heterocycles. The van der Waals surface area contributed by atoms with Crippen LogP contribution in [0.25, 0.3) is 0 Å². The van der Waals surface area contributed by atoms with Crippen LogP contribution in [0.1, 0.15) is 35.7 Å². The van der Waals surface area contributed by atoms with Crippen LogP contribution in [0.3, 0.4) is 0 Å². The third-order valence-corrected chi connectivity index (χ3v) is 4.35. The van der Waals surface area contributed by atoms with Crippen molar-refractivity contribution in [3.63, 3.8) is 0 Å². The molecular weight excluding hydrogens is 410 g/mol. The average Bonchev–Trinajstić information content (AvgIpc) is 2.72. The average molecular weight is 428 g/mol. The van der Waals surface area contributed by atoms with E-state index in [9.17, 15) is 14.9 Å². The molecule has 0 aliphatic carbocycles. The number of anilines is 1. The van der Waals surface area contributed by atoms with Gasteiger partial charge < -0.3 is 4.74 Å². The number of ether oxygens (including phenoxy) is 1. The topological polar surface area (TPSA) is 119 Å². The van der Waals surface area contributed by atoms with Gasteiger partial charge in [0.25, 0.3) is 5.91 Å². The minimum Gasteiger partial charge on any atom is -0.434 e. The molecule has 0 radical (unpaired) electrons. The summed E-state index contributed by atoms with van der Waals surface area (Å²) in [5.74, 6) is -0.301. The van der Waals surface area contributed by atoms with E-state index in [0.29, 0.717) is 16.7 Å². The highest BCUT2D eigenvalue weighted by molar-refractivity contribution is 6.30. The first-order valence-electron chi connectivity index (χ1n) is 8.94. The predicted molar refractivity (Wildman–Crippen MR) is 112 cm³/mol. The Morgan fingerprint density at radius 2 is 1.90 bits per heavy atom. The molecule has 1 aromatic heterocycles. The van der Waals surface area contributed by atoms with Crippen molar-refractivity contribution in [2.24, 2.45) is 0 Å². The minimum atomic E-state index is -0.689. The van der Waals surface area contributed by atoms with Crippen LogP contribution >= 0.6 is 11.6 Å². The van der Waals surface area contributed by atoms with Crippen molar-refractivity contribution in [3.05, 3.63) is 81.1 Å². The first-order chi connectivity index (χ1) is 14.3. The number of nitrogens with zero attached hydrogens (tertiary/aromatic N) is 3. The van der Waals surface area contributed by atoms with Crippen molar-refractivity contribution < 1.29 is 14.5 Å². The number of nitrogens with one attached hydrogen (secondary N) is 2. The quantitative estimate of drug-likeness (QED) is 0.413. The van der Waals surface area contributed by atoms with Crippen LogP contribution in [-0.4, -0.2) is 20.8 Å².